The molecule has 4 heteroatoms. The smallest absolute Gasteiger partial charge is 0.251 e. The van der Waals surface area contributed by atoms with Crippen LogP contribution in [0.4, 0.5) is 0 Å². The molecule has 0 bridgehead atoms. The van der Waals surface area contributed by atoms with E-state index in [1.807, 2.05) is 13.8 Å². The number of methoxy groups -OCH3 is 1. The van der Waals surface area contributed by atoms with Gasteiger partial charge in [0.2, 0.25) is 0 Å². The van der Waals surface area contributed by atoms with Crippen LogP contribution in [0.25, 0.3) is 0 Å². The van der Waals surface area contributed by atoms with Crippen LogP contribution in [-0.4, -0.2) is 30.3 Å². The van der Waals surface area contributed by atoms with E-state index < -0.39 is 5.54 Å². The maximum absolute atomic E-state index is 12.0. The van der Waals surface area contributed by atoms with Crippen molar-refractivity contribution in [1.82, 2.24) is 5.32 Å². The minimum absolute atomic E-state index is 0.0841. The number of aliphatic hydroxyl groups is 1. The summed E-state index contributed by atoms with van der Waals surface area (Å²) in [4.78, 5) is 12.0. The number of benzene rings is 1. The van der Waals surface area contributed by atoms with Crippen LogP contribution in [0.1, 0.15) is 30.6 Å². The minimum Gasteiger partial charge on any atom is -0.497 e. The topological polar surface area (TPSA) is 58.6 Å². The van der Waals surface area contributed by atoms with Crippen molar-refractivity contribution in [1.29, 1.82) is 0 Å². The Morgan fingerprint density at radius 3 is 2.76 bits per heavy atom. The summed E-state index contributed by atoms with van der Waals surface area (Å²) in [5.41, 5.74) is -0.0577. The number of amides is 1. The van der Waals surface area contributed by atoms with E-state index in [2.05, 4.69) is 5.32 Å². The van der Waals surface area contributed by atoms with Crippen molar-refractivity contribution in [2.75, 3.05) is 13.7 Å². The Morgan fingerprint density at radius 1 is 1.53 bits per heavy atom. The molecule has 4 nitrogen and oxygen atoms in total. The molecule has 0 saturated heterocycles. The lowest BCUT2D eigenvalue weighted by atomic mass is 9.99. The second-order valence-corrected chi connectivity index (χ2v) is 4.26. The van der Waals surface area contributed by atoms with Crippen molar-refractivity contribution in [3.05, 3.63) is 29.8 Å². The standard InChI is InChI=1S/C13H19NO3/c1-4-13(2,9-15)14-12(16)10-6-5-7-11(8-10)17-3/h5-8,15H,4,9H2,1-3H3,(H,14,16). The Labute approximate surface area is 102 Å². The van der Waals surface area contributed by atoms with E-state index in [0.29, 0.717) is 17.7 Å². The van der Waals surface area contributed by atoms with Crippen LogP contribution in [0.3, 0.4) is 0 Å². The first-order valence-electron chi connectivity index (χ1n) is 5.62. The molecule has 0 aliphatic heterocycles. The lowest BCUT2D eigenvalue weighted by Gasteiger charge is -2.27. The monoisotopic (exact) mass is 237 g/mol. The molecule has 0 spiro atoms. The molecule has 1 amide bonds. The molecule has 0 aliphatic rings. The van der Waals surface area contributed by atoms with Gasteiger partial charge in [0.25, 0.3) is 5.91 Å². The highest BCUT2D eigenvalue weighted by Gasteiger charge is 2.23. The first-order valence-corrected chi connectivity index (χ1v) is 5.62. The summed E-state index contributed by atoms with van der Waals surface area (Å²) in [5.74, 6) is 0.433. The molecule has 1 aromatic carbocycles. The van der Waals surface area contributed by atoms with Crippen LogP contribution in [0.5, 0.6) is 5.75 Å². The molecule has 2 N–H and O–H groups in total. The van der Waals surface area contributed by atoms with Gasteiger partial charge in [-0.15, -0.1) is 0 Å². The number of aliphatic hydroxyl groups excluding tert-OH is 1. The fourth-order valence-corrected chi connectivity index (χ4v) is 1.35. The Kier molecular flexibility index (Phi) is 4.52. The summed E-state index contributed by atoms with van der Waals surface area (Å²) in [7, 11) is 1.56. The van der Waals surface area contributed by atoms with Crippen LogP contribution in [0.15, 0.2) is 24.3 Å². The molecule has 0 radical (unpaired) electrons. The summed E-state index contributed by atoms with van der Waals surface area (Å²) in [6, 6.07) is 6.92. The number of carbonyl (C=O) groups is 1. The predicted octanol–water partition coefficient (Wildman–Crippen LogP) is 1.59. The van der Waals surface area contributed by atoms with Gasteiger partial charge in [0.05, 0.1) is 19.3 Å². The van der Waals surface area contributed by atoms with Gasteiger partial charge in [0.1, 0.15) is 5.75 Å². The van der Waals surface area contributed by atoms with Crippen LogP contribution in [0, 0.1) is 0 Å². The minimum atomic E-state index is -0.583. The largest absolute Gasteiger partial charge is 0.497 e. The van der Waals surface area contributed by atoms with Crippen LogP contribution in [0.2, 0.25) is 0 Å². The van der Waals surface area contributed by atoms with Crippen molar-refractivity contribution in [3.63, 3.8) is 0 Å². The van der Waals surface area contributed by atoms with E-state index in [9.17, 15) is 9.90 Å². The number of nitrogens with one attached hydrogen (secondary N) is 1. The van der Waals surface area contributed by atoms with Crippen molar-refractivity contribution in [2.24, 2.45) is 0 Å². The van der Waals surface area contributed by atoms with E-state index in [1.165, 1.54) is 0 Å². The highest BCUT2D eigenvalue weighted by Crippen LogP contribution is 2.14. The van der Waals surface area contributed by atoms with Gasteiger partial charge in [0, 0.05) is 5.56 Å². The molecule has 0 fully saturated rings. The van der Waals surface area contributed by atoms with E-state index in [1.54, 1.807) is 31.4 Å². The second kappa shape index (κ2) is 5.68. The molecule has 0 heterocycles. The lowest BCUT2D eigenvalue weighted by Crippen LogP contribution is -2.48. The molecule has 1 aromatic rings. The van der Waals surface area contributed by atoms with Crippen molar-refractivity contribution >= 4 is 5.91 Å². The zero-order valence-corrected chi connectivity index (χ0v) is 10.5. The average molecular weight is 237 g/mol. The summed E-state index contributed by atoms with van der Waals surface area (Å²) in [6.07, 6.45) is 0.666. The van der Waals surface area contributed by atoms with E-state index in [4.69, 9.17) is 4.74 Å². The summed E-state index contributed by atoms with van der Waals surface area (Å²) < 4.78 is 5.06. The third kappa shape index (κ3) is 3.46. The molecule has 0 aliphatic carbocycles. The Morgan fingerprint density at radius 2 is 2.24 bits per heavy atom. The van der Waals surface area contributed by atoms with Gasteiger partial charge in [-0.1, -0.05) is 13.0 Å². The summed E-state index contributed by atoms with van der Waals surface area (Å²) in [6.45, 7) is 3.65. The SMILES string of the molecule is CCC(C)(CO)NC(=O)c1cccc(OC)c1. The fourth-order valence-electron chi connectivity index (χ4n) is 1.35. The van der Waals surface area contributed by atoms with Gasteiger partial charge in [-0.05, 0) is 31.5 Å². The zero-order valence-electron chi connectivity index (χ0n) is 10.5. The third-order valence-corrected chi connectivity index (χ3v) is 2.88. The van der Waals surface area contributed by atoms with Crippen molar-refractivity contribution < 1.29 is 14.6 Å². The van der Waals surface area contributed by atoms with Crippen LogP contribution < -0.4 is 10.1 Å². The molecule has 94 valence electrons. The van der Waals surface area contributed by atoms with Gasteiger partial charge in [-0.2, -0.15) is 0 Å². The average Bonchev–Trinajstić information content (AvgIpc) is 2.38. The fraction of sp³-hybridized carbons (Fsp3) is 0.462. The normalized spacial score (nSPS) is 13.9. The Bertz CT molecular complexity index is 386. The zero-order chi connectivity index (χ0) is 12.9. The number of rotatable bonds is 5. The molecule has 0 aromatic heterocycles. The van der Waals surface area contributed by atoms with Gasteiger partial charge >= 0.3 is 0 Å². The van der Waals surface area contributed by atoms with Crippen LogP contribution in [-0.2, 0) is 0 Å². The van der Waals surface area contributed by atoms with E-state index in [0.717, 1.165) is 0 Å². The summed E-state index contributed by atoms with van der Waals surface area (Å²) in [5, 5.41) is 12.1. The molecule has 1 unspecified atom stereocenters. The highest BCUT2D eigenvalue weighted by atomic mass is 16.5. The van der Waals surface area contributed by atoms with Gasteiger partial charge < -0.3 is 15.2 Å². The van der Waals surface area contributed by atoms with Gasteiger partial charge in [-0.25, -0.2) is 0 Å². The summed E-state index contributed by atoms with van der Waals surface area (Å²) >= 11 is 0. The van der Waals surface area contributed by atoms with Crippen LogP contribution >= 0.6 is 0 Å². The first kappa shape index (κ1) is 13.5. The Hall–Kier alpha value is -1.55. The molecule has 1 atom stereocenters. The third-order valence-electron chi connectivity index (χ3n) is 2.88. The van der Waals surface area contributed by atoms with Crippen molar-refractivity contribution in [3.8, 4) is 5.75 Å². The van der Waals surface area contributed by atoms with Gasteiger partial charge in [-0.3, -0.25) is 4.79 Å². The van der Waals surface area contributed by atoms with E-state index in [-0.39, 0.29) is 12.5 Å². The predicted molar refractivity (Wildman–Crippen MR) is 66.2 cm³/mol. The molecular formula is C13H19NO3. The molecule has 17 heavy (non-hydrogen) atoms. The second-order valence-electron chi connectivity index (χ2n) is 4.26. The van der Waals surface area contributed by atoms with E-state index >= 15 is 0 Å². The number of hydrogen-bond donors (Lipinski definition) is 2. The Balaban J connectivity index is 2.82. The number of hydrogen-bond acceptors (Lipinski definition) is 3. The number of carbonyl (C=O) groups excluding carboxylic acids is 1. The van der Waals surface area contributed by atoms with Crippen molar-refractivity contribution in [2.45, 2.75) is 25.8 Å². The first-order chi connectivity index (χ1) is 8.04. The maximum Gasteiger partial charge on any atom is 0.251 e. The molecule has 0 saturated carbocycles. The maximum atomic E-state index is 12.0. The van der Waals surface area contributed by atoms with Gasteiger partial charge in [0.15, 0.2) is 0 Å². The number of ether oxygens (including phenoxy) is 1. The highest BCUT2D eigenvalue weighted by molar-refractivity contribution is 5.95. The molecular weight excluding hydrogens is 218 g/mol. The lowest BCUT2D eigenvalue weighted by molar-refractivity contribution is 0.0847. The quantitative estimate of drug-likeness (QED) is 0.817. The molecule has 1 rings (SSSR count).